The number of rotatable bonds is 17. The number of aryl methyl sites for hydroxylation is 1. The lowest BCUT2D eigenvalue weighted by Gasteiger charge is -2.28. The number of primary sulfonamides is 1. The number of β-amino-alcohol motifs (C(OH)–C–C–N with tert-alkyl or cyclic N) is 1. The molecule has 0 saturated heterocycles. The van der Waals surface area contributed by atoms with Crippen molar-refractivity contribution in [1.82, 2.24) is 10.3 Å². The number of sulfonamides is 1. The molecule has 3 aromatic rings. The van der Waals surface area contributed by atoms with Crippen molar-refractivity contribution in [1.29, 1.82) is 0 Å². The highest BCUT2D eigenvalue weighted by Gasteiger charge is 2.44. The van der Waals surface area contributed by atoms with Crippen LogP contribution in [0.15, 0.2) is 65.7 Å². The van der Waals surface area contributed by atoms with Crippen molar-refractivity contribution >= 4 is 32.5 Å². The average molecular weight is 651 g/mol. The summed E-state index contributed by atoms with van der Waals surface area (Å²) in [7, 11) is -3.70. The van der Waals surface area contributed by atoms with Gasteiger partial charge in [0.25, 0.3) is 0 Å². The number of aliphatic hydroxyl groups excluding tert-OH is 1. The minimum atomic E-state index is -3.70. The quantitative estimate of drug-likeness (QED) is 0.0896. The van der Waals surface area contributed by atoms with Gasteiger partial charge in [0.15, 0.2) is 0 Å². The first-order valence-corrected chi connectivity index (χ1v) is 17.8. The van der Waals surface area contributed by atoms with Crippen LogP contribution < -0.4 is 20.5 Å². The fraction of sp³-hybridized carbons (Fsp3) is 0.472. The van der Waals surface area contributed by atoms with E-state index < -0.39 is 21.5 Å². The van der Waals surface area contributed by atoms with Gasteiger partial charge in [-0.3, -0.25) is 4.79 Å². The lowest BCUT2D eigenvalue weighted by Crippen LogP contribution is -2.46. The number of H-pyrrole nitrogens is 1. The third-order valence-electron chi connectivity index (χ3n) is 8.84. The number of nitrogens with one attached hydrogen (secondary N) is 3. The molecule has 0 saturated carbocycles. The monoisotopic (exact) mass is 650 g/mol. The van der Waals surface area contributed by atoms with E-state index in [1.165, 1.54) is 22.6 Å². The number of unbranched alkanes of at least 4 members (excludes halogenated alkanes) is 2. The second-order valence-corrected chi connectivity index (χ2v) is 14.7. The molecule has 1 aliphatic rings. The largest absolute Gasteiger partial charge is 0.490 e. The van der Waals surface area contributed by atoms with E-state index in [1.54, 1.807) is 13.0 Å². The van der Waals surface area contributed by atoms with Crippen molar-refractivity contribution < 1.29 is 23.1 Å². The molecule has 0 fully saturated rings. The van der Waals surface area contributed by atoms with Gasteiger partial charge in [-0.2, -0.15) is 0 Å². The highest BCUT2D eigenvalue weighted by atomic mass is 32.2. The van der Waals surface area contributed by atoms with Crippen molar-refractivity contribution in [2.45, 2.75) is 96.6 Å². The Morgan fingerprint density at radius 2 is 1.93 bits per heavy atom. The van der Waals surface area contributed by atoms with Crippen LogP contribution in [0.1, 0.15) is 83.4 Å². The van der Waals surface area contributed by atoms with Gasteiger partial charge in [-0.1, -0.05) is 56.2 Å². The molecular weight excluding hydrogens is 600 g/mol. The SMILES string of the molecule is C/C=C(\C=C/CCCc1cccc2c(CC(C)(C)NCC(O)COc3cccc4c3C(C)(CCCC)C(=O)N4)c[nH]c12)S(N)(=O)=O. The Hall–Kier alpha value is -3.44. The van der Waals surface area contributed by atoms with Crippen LogP contribution in [0.3, 0.4) is 0 Å². The van der Waals surface area contributed by atoms with Crippen molar-refractivity contribution in [3.8, 4) is 5.75 Å². The van der Waals surface area contributed by atoms with Gasteiger partial charge in [0.2, 0.25) is 15.9 Å². The highest BCUT2D eigenvalue weighted by molar-refractivity contribution is 7.93. The zero-order valence-electron chi connectivity index (χ0n) is 27.8. The van der Waals surface area contributed by atoms with Crippen LogP contribution in [-0.4, -0.2) is 49.2 Å². The van der Waals surface area contributed by atoms with E-state index in [0.717, 1.165) is 61.7 Å². The van der Waals surface area contributed by atoms with Crippen molar-refractivity contribution in [2.24, 2.45) is 5.14 Å². The average Bonchev–Trinajstić information content (AvgIpc) is 3.52. The van der Waals surface area contributed by atoms with E-state index in [-0.39, 0.29) is 23.0 Å². The van der Waals surface area contributed by atoms with E-state index in [2.05, 4.69) is 60.8 Å². The molecule has 0 radical (unpaired) electrons. The second-order valence-electron chi connectivity index (χ2n) is 13.2. The van der Waals surface area contributed by atoms with Gasteiger partial charge >= 0.3 is 0 Å². The van der Waals surface area contributed by atoms with E-state index in [0.29, 0.717) is 12.3 Å². The minimum Gasteiger partial charge on any atom is -0.490 e. The predicted octanol–water partition coefficient (Wildman–Crippen LogP) is 5.99. The predicted molar refractivity (Wildman–Crippen MR) is 186 cm³/mol. The molecule has 2 unspecified atom stereocenters. The van der Waals surface area contributed by atoms with Crippen LogP contribution in [-0.2, 0) is 33.1 Å². The summed E-state index contributed by atoms with van der Waals surface area (Å²) in [5.74, 6) is 0.642. The lowest BCUT2D eigenvalue weighted by molar-refractivity contribution is -0.120. The maximum Gasteiger partial charge on any atom is 0.237 e. The number of aromatic nitrogens is 1. The molecule has 6 N–H and O–H groups in total. The maximum absolute atomic E-state index is 12.9. The summed E-state index contributed by atoms with van der Waals surface area (Å²) in [6, 6.07) is 12.0. The first kappa shape index (κ1) is 35.4. The second kappa shape index (κ2) is 15.0. The van der Waals surface area contributed by atoms with E-state index in [1.807, 2.05) is 31.2 Å². The normalized spacial score (nSPS) is 17.9. The van der Waals surface area contributed by atoms with Gasteiger partial charge in [-0.25, -0.2) is 13.6 Å². The Morgan fingerprint density at radius 3 is 2.65 bits per heavy atom. The number of para-hydroxylation sites is 1. The molecular formula is C36H50N4O5S. The molecule has 2 atom stereocenters. The number of benzene rings is 2. The summed E-state index contributed by atoms with van der Waals surface area (Å²) in [4.78, 5) is 16.5. The number of amides is 1. The van der Waals surface area contributed by atoms with Gasteiger partial charge in [0.1, 0.15) is 18.5 Å². The first-order valence-electron chi connectivity index (χ1n) is 16.2. The molecule has 1 aromatic heterocycles. The molecule has 0 bridgehead atoms. The van der Waals surface area contributed by atoms with Gasteiger partial charge in [-0.05, 0) is 89.1 Å². The third kappa shape index (κ3) is 8.47. The topological polar surface area (TPSA) is 147 Å². The van der Waals surface area contributed by atoms with Crippen LogP contribution >= 0.6 is 0 Å². The number of anilines is 1. The smallest absolute Gasteiger partial charge is 0.237 e. The number of hydrogen-bond acceptors (Lipinski definition) is 6. The highest BCUT2D eigenvalue weighted by Crippen LogP contribution is 2.46. The van der Waals surface area contributed by atoms with Crippen molar-refractivity contribution in [3.05, 3.63) is 82.4 Å². The van der Waals surface area contributed by atoms with Crippen LogP contribution in [0.2, 0.25) is 0 Å². The third-order valence-corrected chi connectivity index (χ3v) is 9.87. The number of allylic oxidation sites excluding steroid dienone is 3. The summed E-state index contributed by atoms with van der Waals surface area (Å²) in [5, 5.41) is 23.8. The van der Waals surface area contributed by atoms with Crippen molar-refractivity contribution in [3.63, 3.8) is 0 Å². The maximum atomic E-state index is 12.9. The molecule has 4 rings (SSSR count). The molecule has 9 nitrogen and oxygen atoms in total. The number of nitrogens with two attached hydrogens (primary N) is 1. The Labute approximate surface area is 273 Å². The summed E-state index contributed by atoms with van der Waals surface area (Å²) < 4.78 is 29.3. The summed E-state index contributed by atoms with van der Waals surface area (Å²) >= 11 is 0. The molecule has 0 aliphatic carbocycles. The van der Waals surface area contributed by atoms with Gasteiger partial charge in [-0.15, -0.1) is 0 Å². The molecule has 250 valence electrons. The molecule has 1 aliphatic heterocycles. The Morgan fingerprint density at radius 1 is 1.17 bits per heavy atom. The number of ether oxygens (including phenoxy) is 1. The molecule has 0 spiro atoms. The number of hydrogen-bond donors (Lipinski definition) is 5. The molecule has 2 aromatic carbocycles. The van der Waals surface area contributed by atoms with E-state index in [9.17, 15) is 18.3 Å². The number of carbonyl (C=O) groups excluding carboxylic acids is 1. The van der Waals surface area contributed by atoms with E-state index in [4.69, 9.17) is 9.88 Å². The van der Waals surface area contributed by atoms with Gasteiger partial charge < -0.3 is 25.5 Å². The number of aromatic amines is 1. The Kier molecular flexibility index (Phi) is 11.5. The number of fused-ring (bicyclic) bond motifs is 2. The van der Waals surface area contributed by atoms with E-state index >= 15 is 0 Å². The zero-order valence-corrected chi connectivity index (χ0v) is 28.6. The number of aliphatic hydroxyl groups is 1. The minimum absolute atomic E-state index is 0.00135. The first-order chi connectivity index (χ1) is 21.8. The lowest BCUT2D eigenvalue weighted by atomic mass is 9.79. The summed E-state index contributed by atoms with van der Waals surface area (Å²) in [5.41, 5.74) is 4.24. The molecule has 2 heterocycles. The van der Waals surface area contributed by atoms with Crippen LogP contribution in [0.4, 0.5) is 5.69 Å². The Balaban J connectivity index is 1.32. The van der Waals surface area contributed by atoms with Gasteiger partial charge in [0, 0.05) is 40.4 Å². The fourth-order valence-electron chi connectivity index (χ4n) is 6.24. The fourth-order valence-corrected chi connectivity index (χ4v) is 6.85. The summed E-state index contributed by atoms with van der Waals surface area (Å²) in [6.07, 6.45) is 12.1. The van der Waals surface area contributed by atoms with Crippen LogP contribution in [0.25, 0.3) is 10.9 Å². The Bertz CT molecular complexity index is 1690. The van der Waals surface area contributed by atoms with Crippen LogP contribution in [0.5, 0.6) is 5.75 Å². The van der Waals surface area contributed by atoms with Crippen molar-refractivity contribution in [2.75, 3.05) is 18.5 Å². The standard InChI is InChI=1S/C36H50N4O5S/c1-6-8-20-36(5)32-30(40-34(36)42)18-13-19-31(32)45-24-27(41)23-39-35(3,4)21-26-22-38-33-25(15-12-17-29(26)33)14-10-9-11-16-28(7-2)46(37,43)44/h7,11-13,15-19,22,27,38-39,41H,6,8-10,14,20-21,23-24H2,1-5H3,(H,40,42)(H2,37,43,44)/b16-11-,28-7+. The zero-order chi connectivity index (χ0) is 33.5. The molecule has 46 heavy (non-hydrogen) atoms. The van der Waals surface area contributed by atoms with Crippen LogP contribution in [0, 0.1) is 0 Å². The van der Waals surface area contributed by atoms with Gasteiger partial charge in [0.05, 0.1) is 10.3 Å². The molecule has 10 heteroatoms. The molecule has 1 amide bonds. The number of carbonyl (C=O) groups is 1. The summed E-state index contributed by atoms with van der Waals surface area (Å²) in [6.45, 7) is 10.5.